The lowest BCUT2D eigenvalue weighted by molar-refractivity contribution is -0.138. The molecule has 0 unspecified atom stereocenters. The van der Waals surface area contributed by atoms with E-state index >= 15 is 0 Å². The molecular weight excluding hydrogens is 292 g/mol. The molecule has 1 N–H and O–H groups in total. The van der Waals surface area contributed by atoms with Crippen LogP contribution in [0.15, 0.2) is 18.2 Å². The van der Waals surface area contributed by atoms with E-state index in [1.54, 1.807) is 23.1 Å². The summed E-state index contributed by atoms with van der Waals surface area (Å²) in [6, 6.07) is 5.32. The van der Waals surface area contributed by atoms with Crippen LogP contribution in [0.5, 0.6) is 0 Å². The molecule has 21 heavy (non-hydrogen) atoms. The normalized spacial score (nSPS) is 16.6. The van der Waals surface area contributed by atoms with Gasteiger partial charge in [-0.05, 0) is 31.0 Å². The van der Waals surface area contributed by atoms with E-state index < -0.39 is 5.97 Å². The van der Waals surface area contributed by atoms with Gasteiger partial charge in [0, 0.05) is 36.8 Å². The third-order valence-corrected chi connectivity index (χ3v) is 4.14. The van der Waals surface area contributed by atoms with Crippen molar-refractivity contribution in [1.82, 2.24) is 9.80 Å². The molecule has 0 radical (unpaired) electrons. The summed E-state index contributed by atoms with van der Waals surface area (Å²) in [7, 11) is 0. The van der Waals surface area contributed by atoms with Crippen LogP contribution in [-0.2, 0) is 4.79 Å². The molecule has 1 aliphatic heterocycles. The standard InChI is InChI=1S/C15H19ClN2O3/c1-11-12(4-2-5-13(11)16)15(21)18-7-3-6-17(8-9-18)10-14(19)20/h2,4-5H,3,6-10H2,1H3,(H,19,20). The molecule has 1 aromatic rings. The zero-order chi connectivity index (χ0) is 15.4. The Kier molecular flexibility index (Phi) is 5.20. The Morgan fingerprint density at radius 3 is 2.71 bits per heavy atom. The van der Waals surface area contributed by atoms with Crippen molar-refractivity contribution in [1.29, 1.82) is 0 Å². The lowest BCUT2D eigenvalue weighted by Gasteiger charge is -2.22. The highest BCUT2D eigenvalue weighted by atomic mass is 35.5. The number of halogens is 1. The first-order chi connectivity index (χ1) is 9.99. The molecule has 0 aliphatic carbocycles. The number of aliphatic carboxylic acids is 1. The first-order valence-corrected chi connectivity index (χ1v) is 7.35. The maximum atomic E-state index is 12.6. The third kappa shape index (κ3) is 3.95. The minimum atomic E-state index is -0.833. The Balaban J connectivity index is 2.06. The van der Waals surface area contributed by atoms with Gasteiger partial charge < -0.3 is 10.0 Å². The second kappa shape index (κ2) is 6.91. The fourth-order valence-electron chi connectivity index (χ4n) is 2.53. The van der Waals surface area contributed by atoms with Crippen LogP contribution < -0.4 is 0 Å². The zero-order valence-electron chi connectivity index (χ0n) is 12.0. The molecule has 0 spiro atoms. The Morgan fingerprint density at radius 1 is 1.24 bits per heavy atom. The quantitative estimate of drug-likeness (QED) is 0.926. The minimum Gasteiger partial charge on any atom is -0.480 e. The molecule has 2 rings (SSSR count). The number of carboxylic acids is 1. The topological polar surface area (TPSA) is 60.9 Å². The Morgan fingerprint density at radius 2 is 2.00 bits per heavy atom. The molecule has 0 aromatic heterocycles. The summed E-state index contributed by atoms with van der Waals surface area (Å²) < 4.78 is 0. The van der Waals surface area contributed by atoms with Gasteiger partial charge in [0.25, 0.3) is 5.91 Å². The van der Waals surface area contributed by atoms with Crippen LogP contribution in [-0.4, -0.2) is 59.5 Å². The molecule has 1 saturated heterocycles. The van der Waals surface area contributed by atoms with Crippen LogP contribution in [0.2, 0.25) is 5.02 Å². The average Bonchev–Trinajstić information content (AvgIpc) is 2.66. The van der Waals surface area contributed by atoms with Gasteiger partial charge in [-0.1, -0.05) is 17.7 Å². The summed E-state index contributed by atoms with van der Waals surface area (Å²) in [6.45, 7) is 4.32. The van der Waals surface area contributed by atoms with Gasteiger partial charge in [0.15, 0.2) is 0 Å². The van der Waals surface area contributed by atoms with Crippen LogP contribution in [0.3, 0.4) is 0 Å². The lowest BCUT2D eigenvalue weighted by Crippen LogP contribution is -2.37. The molecule has 0 saturated carbocycles. The van der Waals surface area contributed by atoms with Gasteiger partial charge in [0.1, 0.15) is 0 Å². The predicted molar refractivity (Wildman–Crippen MR) is 80.8 cm³/mol. The van der Waals surface area contributed by atoms with Crippen molar-refractivity contribution in [3.05, 3.63) is 34.3 Å². The van der Waals surface area contributed by atoms with Crippen molar-refractivity contribution >= 4 is 23.5 Å². The molecule has 1 heterocycles. The second-order valence-corrected chi connectivity index (χ2v) is 5.64. The first-order valence-electron chi connectivity index (χ1n) is 6.97. The van der Waals surface area contributed by atoms with Crippen LogP contribution in [0.1, 0.15) is 22.3 Å². The molecule has 1 aliphatic rings. The molecule has 0 bridgehead atoms. The fourth-order valence-corrected chi connectivity index (χ4v) is 2.71. The van der Waals surface area contributed by atoms with E-state index in [4.69, 9.17) is 16.7 Å². The lowest BCUT2D eigenvalue weighted by atomic mass is 10.1. The predicted octanol–water partition coefficient (Wildman–Crippen LogP) is 1.88. The number of benzene rings is 1. The largest absolute Gasteiger partial charge is 0.480 e. The van der Waals surface area contributed by atoms with Crippen molar-refractivity contribution in [3.8, 4) is 0 Å². The number of amides is 1. The molecule has 114 valence electrons. The second-order valence-electron chi connectivity index (χ2n) is 5.23. The highest BCUT2D eigenvalue weighted by Gasteiger charge is 2.22. The van der Waals surface area contributed by atoms with Crippen LogP contribution in [0.25, 0.3) is 0 Å². The summed E-state index contributed by atoms with van der Waals surface area (Å²) in [6.07, 6.45) is 0.776. The molecule has 1 fully saturated rings. The number of hydrogen-bond donors (Lipinski definition) is 1. The van der Waals surface area contributed by atoms with Crippen molar-refractivity contribution in [2.24, 2.45) is 0 Å². The van der Waals surface area contributed by atoms with E-state index in [1.807, 2.05) is 11.8 Å². The maximum Gasteiger partial charge on any atom is 0.317 e. The van der Waals surface area contributed by atoms with E-state index in [9.17, 15) is 9.59 Å². The number of carbonyl (C=O) groups is 2. The molecule has 1 aromatic carbocycles. The molecule has 5 nitrogen and oxygen atoms in total. The number of rotatable bonds is 3. The Labute approximate surface area is 129 Å². The van der Waals surface area contributed by atoms with Crippen LogP contribution in [0, 0.1) is 6.92 Å². The van der Waals surface area contributed by atoms with Gasteiger partial charge in [0.2, 0.25) is 0 Å². The number of carbonyl (C=O) groups excluding carboxylic acids is 1. The summed E-state index contributed by atoms with van der Waals surface area (Å²) >= 11 is 6.07. The number of hydrogen-bond acceptors (Lipinski definition) is 3. The smallest absolute Gasteiger partial charge is 0.317 e. The third-order valence-electron chi connectivity index (χ3n) is 3.73. The fraction of sp³-hybridized carbons (Fsp3) is 0.467. The van der Waals surface area contributed by atoms with Crippen molar-refractivity contribution in [3.63, 3.8) is 0 Å². The first kappa shape index (κ1) is 15.8. The van der Waals surface area contributed by atoms with E-state index in [2.05, 4.69) is 0 Å². The molecule has 6 heteroatoms. The van der Waals surface area contributed by atoms with Crippen LogP contribution >= 0.6 is 11.6 Å². The van der Waals surface area contributed by atoms with E-state index in [1.165, 1.54) is 0 Å². The molecule has 1 amide bonds. The highest BCUT2D eigenvalue weighted by Crippen LogP contribution is 2.20. The van der Waals surface area contributed by atoms with E-state index in [0.29, 0.717) is 36.8 Å². The Hall–Kier alpha value is -1.59. The van der Waals surface area contributed by atoms with Crippen molar-refractivity contribution < 1.29 is 14.7 Å². The average molecular weight is 311 g/mol. The zero-order valence-corrected chi connectivity index (χ0v) is 12.8. The Bertz CT molecular complexity index is 548. The van der Waals surface area contributed by atoms with Gasteiger partial charge in [0.05, 0.1) is 6.54 Å². The summed E-state index contributed by atoms with van der Waals surface area (Å²) in [5, 5.41) is 9.43. The van der Waals surface area contributed by atoms with Gasteiger partial charge >= 0.3 is 5.97 Å². The SMILES string of the molecule is Cc1c(Cl)cccc1C(=O)N1CCCN(CC(=O)O)CC1. The van der Waals surface area contributed by atoms with Crippen molar-refractivity contribution in [2.75, 3.05) is 32.7 Å². The number of nitrogens with zero attached hydrogens (tertiary/aromatic N) is 2. The van der Waals surface area contributed by atoms with Crippen molar-refractivity contribution in [2.45, 2.75) is 13.3 Å². The molecule has 0 atom stereocenters. The van der Waals surface area contributed by atoms with Gasteiger partial charge in [-0.2, -0.15) is 0 Å². The monoisotopic (exact) mass is 310 g/mol. The highest BCUT2D eigenvalue weighted by molar-refractivity contribution is 6.31. The van der Waals surface area contributed by atoms with Gasteiger partial charge in [-0.3, -0.25) is 14.5 Å². The summed E-state index contributed by atoms with van der Waals surface area (Å²) in [5.41, 5.74) is 1.41. The summed E-state index contributed by atoms with van der Waals surface area (Å²) in [5.74, 6) is -0.868. The van der Waals surface area contributed by atoms with Gasteiger partial charge in [-0.25, -0.2) is 0 Å². The van der Waals surface area contributed by atoms with Gasteiger partial charge in [-0.15, -0.1) is 0 Å². The van der Waals surface area contributed by atoms with Crippen LogP contribution in [0.4, 0.5) is 0 Å². The molecular formula is C15H19ClN2O3. The van der Waals surface area contributed by atoms with E-state index in [-0.39, 0.29) is 12.5 Å². The number of carboxylic acid groups (broad SMARTS) is 1. The summed E-state index contributed by atoms with van der Waals surface area (Å²) in [4.78, 5) is 27.0. The van der Waals surface area contributed by atoms with E-state index in [0.717, 1.165) is 12.0 Å². The minimum absolute atomic E-state index is 0.0260. The maximum absolute atomic E-state index is 12.6.